The molecule has 0 radical (unpaired) electrons. The summed E-state index contributed by atoms with van der Waals surface area (Å²) in [6, 6.07) is 6.71. The van der Waals surface area contributed by atoms with E-state index in [1.54, 1.807) is 0 Å². The first-order valence-electron chi connectivity index (χ1n) is 6.48. The molecule has 0 spiro atoms. The Kier molecular flexibility index (Phi) is 4.90. The van der Waals surface area contributed by atoms with Crippen LogP contribution >= 0.6 is 0 Å². The normalized spacial score (nSPS) is 11.1. The lowest BCUT2D eigenvalue weighted by molar-refractivity contribution is -0.0498. The van der Waals surface area contributed by atoms with Crippen molar-refractivity contribution in [1.82, 2.24) is 0 Å². The van der Waals surface area contributed by atoms with Crippen molar-refractivity contribution < 1.29 is 27.8 Å². The highest BCUT2D eigenvalue weighted by atomic mass is 19.3. The van der Waals surface area contributed by atoms with Crippen molar-refractivity contribution in [3.63, 3.8) is 0 Å². The number of allylic oxidation sites excluding steroid dienone is 1. The van der Waals surface area contributed by atoms with Crippen LogP contribution in [0.25, 0.3) is 6.08 Å². The molecule has 23 heavy (non-hydrogen) atoms. The van der Waals surface area contributed by atoms with E-state index in [1.165, 1.54) is 43.3 Å². The molecule has 0 atom stereocenters. The predicted molar refractivity (Wildman–Crippen MR) is 77.8 cm³/mol. The quantitative estimate of drug-likeness (QED) is 0.676. The fourth-order valence-electron chi connectivity index (χ4n) is 1.84. The SMILES string of the molecule is Cc1cc(O)c(C(=O)C=Cc2ccc(OC(F)F)cc2)c(=O)o1. The number of carbonyl (C=O) groups excluding carboxylic acids is 1. The van der Waals surface area contributed by atoms with E-state index >= 15 is 0 Å². The van der Waals surface area contributed by atoms with Gasteiger partial charge in [0, 0.05) is 6.07 Å². The molecule has 0 aliphatic rings. The lowest BCUT2D eigenvalue weighted by Crippen LogP contribution is -2.12. The molecule has 5 nitrogen and oxygen atoms in total. The zero-order valence-electron chi connectivity index (χ0n) is 12.0. The molecular formula is C16H12F2O5. The summed E-state index contributed by atoms with van der Waals surface area (Å²) in [6.07, 6.45) is 2.44. The summed E-state index contributed by atoms with van der Waals surface area (Å²) in [7, 11) is 0. The molecular weight excluding hydrogens is 310 g/mol. The molecule has 0 aliphatic heterocycles. The van der Waals surface area contributed by atoms with Crippen LogP contribution in [0.2, 0.25) is 0 Å². The first-order chi connectivity index (χ1) is 10.9. The van der Waals surface area contributed by atoms with E-state index in [1.807, 2.05) is 0 Å². The lowest BCUT2D eigenvalue weighted by Gasteiger charge is -2.03. The Morgan fingerprint density at radius 2 is 1.96 bits per heavy atom. The Morgan fingerprint density at radius 1 is 1.30 bits per heavy atom. The molecule has 1 aromatic heterocycles. The minimum atomic E-state index is -2.92. The smallest absolute Gasteiger partial charge is 0.387 e. The minimum Gasteiger partial charge on any atom is -0.507 e. The highest BCUT2D eigenvalue weighted by molar-refractivity contribution is 6.08. The second kappa shape index (κ2) is 6.87. The third-order valence-electron chi connectivity index (χ3n) is 2.83. The van der Waals surface area contributed by atoms with Crippen LogP contribution in [0.1, 0.15) is 21.7 Å². The topological polar surface area (TPSA) is 76.7 Å². The van der Waals surface area contributed by atoms with E-state index in [0.29, 0.717) is 5.56 Å². The van der Waals surface area contributed by atoms with Gasteiger partial charge in [0.05, 0.1) is 0 Å². The van der Waals surface area contributed by atoms with Gasteiger partial charge >= 0.3 is 12.2 Å². The van der Waals surface area contributed by atoms with Crippen molar-refractivity contribution in [3.05, 3.63) is 63.7 Å². The maximum Gasteiger partial charge on any atom is 0.387 e. The number of ketones is 1. The average molecular weight is 322 g/mol. The summed E-state index contributed by atoms with van der Waals surface area (Å²) in [5.41, 5.74) is -0.877. The average Bonchev–Trinajstić information content (AvgIpc) is 2.45. The number of hydrogen-bond donors (Lipinski definition) is 1. The molecule has 1 N–H and O–H groups in total. The van der Waals surface area contributed by atoms with E-state index in [4.69, 9.17) is 4.42 Å². The first kappa shape index (κ1) is 16.4. The highest BCUT2D eigenvalue weighted by Gasteiger charge is 2.15. The Balaban J connectivity index is 2.17. The molecule has 2 rings (SSSR count). The lowest BCUT2D eigenvalue weighted by atomic mass is 10.1. The summed E-state index contributed by atoms with van der Waals surface area (Å²) in [5, 5.41) is 9.66. The molecule has 0 bridgehead atoms. The zero-order valence-corrected chi connectivity index (χ0v) is 12.0. The number of aromatic hydroxyl groups is 1. The van der Waals surface area contributed by atoms with Crippen molar-refractivity contribution in [1.29, 1.82) is 0 Å². The summed E-state index contributed by atoms with van der Waals surface area (Å²) in [4.78, 5) is 23.5. The van der Waals surface area contributed by atoms with Gasteiger partial charge in [0.1, 0.15) is 22.8 Å². The van der Waals surface area contributed by atoms with Crippen LogP contribution in [-0.2, 0) is 0 Å². The van der Waals surface area contributed by atoms with Gasteiger partial charge in [-0.1, -0.05) is 18.2 Å². The van der Waals surface area contributed by atoms with E-state index in [2.05, 4.69) is 4.74 Å². The number of alkyl halides is 2. The fourth-order valence-corrected chi connectivity index (χ4v) is 1.84. The van der Waals surface area contributed by atoms with Crippen molar-refractivity contribution in [2.75, 3.05) is 0 Å². The number of halogens is 2. The standard InChI is InChI=1S/C16H12F2O5/c1-9-8-13(20)14(15(21)22-9)12(19)7-4-10-2-5-11(6-3-10)23-16(17)18/h2-8,16,20H,1H3. The molecule has 0 saturated carbocycles. The maximum absolute atomic E-state index is 12.0. The summed E-state index contributed by atoms with van der Waals surface area (Å²) in [6.45, 7) is -1.45. The summed E-state index contributed by atoms with van der Waals surface area (Å²) < 4.78 is 33.0. The van der Waals surface area contributed by atoms with Gasteiger partial charge in [-0.3, -0.25) is 4.79 Å². The number of benzene rings is 1. The molecule has 7 heteroatoms. The van der Waals surface area contributed by atoms with Gasteiger partial charge in [-0.05, 0) is 30.7 Å². The van der Waals surface area contributed by atoms with Crippen LogP contribution in [0.3, 0.4) is 0 Å². The number of carbonyl (C=O) groups is 1. The van der Waals surface area contributed by atoms with Gasteiger partial charge in [0.15, 0.2) is 5.78 Å². The molecule has 0 fully saturated rings. The number of rotatable bonds is 5. The summed E-state index contributed by atoms with van der Waals surface area (Å²) >= 11 is 0. The predicted octanol–water partition coefficient (Wildman–Crippen LogP) is 3.15. The van der Waals surface area contributed by atoms with Crippen LogP contribution in [0.15, 0.2) is 45.6 Å². The van der Waals surface area contributed by atoms with Crippen LogP contribution < -0.4 is 10.4 Å². The highest BCUT2D eigenvalue weighted by Crippen LogP contribution is 2.18. The van der Waals surface area contributed by atoms with Crippen LogP contribution in [0.5, 0.6) is 11.5 Å². The molecule has 0 amide bonds. The molecule has 2 aromatic rings. The van der Waals surface area contributed by atoms with E-state index in [0.717, 1.165) is 6.08 Å². The molecule has 1 aromatic carbocycles. The third-order valence-corrected chi connectivity index (χ3v) is 2.83. The Hall–Kier alpha value is -2.96. The van der Waals surface area contributed by atoms with Crippen molar-refractivity contribution in [3.8, 4) is 11.5 Å². The molecule has 1 heterocycles. The molecule has 0 saturated heterocycles. The fraction of sp³-hybridized carbons (Fsp3) is 0.125. The maximum atomic E-state index is 12.0. The van der Waals surface area contributed by atoms with Gasteiger partial charge in [-0.25, -0.2) is 4.79 Å². The van der Waals surface area contributed by atoms with Crippen LogP contribution in [0.4, 0.5) is 8.78 Å². The van der Waals surface area contributed by atoms with Gasteiger partial charge in [-0.15, -0.1) is 0 Å². The van der Waals surface area contributed by atoms with Gasteiger partial charge < -0.3 is 14.3 Å². The van der Waals surface area contributed by atoms with E-state index < -0.39 is 29.3 Å². The van der Waals surface area contributed by atoms with Crippen molar-refractivity contribution in [2.24, 2.45) is 0 Å². The second-order valence-electron chi connectivity index (χ2n) is 4.55. The second-order valence-corrected chi connectivity index (χ2v) is 4.55. The van der Waals surface area contributed by atoms with Gasteiger partial charge in [0.25, 0.3) is 0 Å². The van der Waals surface area contributed by atoms with Crippen LogP contribution in [-0.4, -0.2) is 17.5 Å². The Morgan fingerprint density at radius 3 is 2.52 bits per heavy atom. The number of hydrogen-bond acceptors (Lipinski definition) is 5. The first-order valence-corrected chi connectivity index (χ1v) is 6.48. The number of ether oxygens (including phenoxy) is 1. The van der Waals surface area contributed by atoms with E-state index in [-0.39, 0.29) is 11.5 Å². The molecule has 0 aliphatic carbocycles. The van der Waals surface area contributed by atoms with E-state index in [9.17, 15) is 23.5 Å². The molecule has 120 valence electrons. The minimum absolute atomic E-state index is 0.0136. The number of aryl methyl sites for hydroxylation is 1. The Labute approximate surface area is 129 Å². The van der Waals surface area contributed by atoms with Crippen LogP contribution in [0, 0.1) is 6.92 Å². The van der Waals surface area contributed by atoms with Gasteiger partial charge in [-0.2, -0.15) is 8.78 Å². The monoisotopic (exact) mass is 322 g/mol. The zero-order chi connectivity index (χ0) is 17.0. The summed E-state index contributed by atoms with van der Waals surface area (Å²) in [5.74, 6) is -1.03. The van der Waals surface area contributed by atoms with Gasteiger partial charge in [0.2, 0.25) is 0 Å². The van der Waals surface area contributed by atoms with Crippen molar-refractivity contribution in [2.45, 2.75) is 13.5 Å². The third kappa shape index (κ3) is 4.26. The largest absolute Gasteiger partial charge is 0.507 e. The Bertz CT molecular complexity index is 791. The van der Waals surface area contributed by atoms with Crippen molar-refractivity contribution >= 4 is 11.9 Å². The molecule has 0 unspecified atom stereocenters.